The van der Waals surface area contributed by atoms with E-state index < -0.39 is 11.7 Å². The summed E-state index contributed by atoms with van der Waals surface area (Å²) in [5.41, 5.74) is -0.0927. The number of hydrogen-bond acceptors (Lipinski definition) is 3. The van der Waals surface area contributed by atoms with Crippen molar-refractivity contribution in [1.82, 2.24) is 10.2 Å². The Morgan fingerprint density at radius 2 is 1.89 bits per heavy atom. The summed E-state index contributed by atoms with van der Waals surface area (Å²) in [6, 6.07) is 4.85. The van der Waals surface area contributed by atoms with E-state index >= 15 is 0 Å². The molecule has 1 saturated heterocycles. The van der Waals surface area contributed by atoms with Gasteiger partial charge in [-0.25, -0.2) is 0 Å². The molecule has 9 heteroatoms. The molecule has 0 radical (unpaired) electrons. The predicted octanol–water partition coefficient (Wildman–Crippen LogP) is 1.32. The fourth-order valence-corrected chi connectivity index (χ4v) is 4.07. The predicted molar refractivity (Wildman–Crippen MR) is 98.3 cm³/mol. The first-order chi connectivity index (χ1) is 12.6. The monoisotopic (exact) mass is 404 g/mol. The van der Waals surface area contributed by atoms with Gasteiger partial charge >= 0.3 is 6.18 Å². The van der Waals surface area contributed by atoms with Gasteiger partial charge in [-0.3, -0.25) is 9.59 Å². The van der Waals surface area contributed by atoms with Gasteiger partial charge < -0.3 is 15.1 Å². The van der Waals surface area contributed by atoms with Crippen molar-refractivity contribution in [2.24, 2.45) is 0 Å². The summed E-state index contributed by atoms with van der Waals surface area (Å²) in [5.74, 6) is -0.241. The Morgan fingerprint density at radius 1 is 1.26 bits per heavy atom. The molecule has 0 aliphatic carbocycles. The normalized spacial score (nSPS) is 20.4. The molecule has 5 nitrogen and oxygen atoms in total. The molecule has 150 valence electrons. The second kappa shape index (κ2) is 8.97. The number of hydrogen-bond donors (Lipinski definition) is 2. The van der Waals surface area contributed by atoms with Gasteiger partial charge in [0.05, 0.1) is 38.0 Å². The van der Waals surface area contributed by atoms with Crippen LogP contribution in [0, 0.1) is 0 Å². The molecular weight excluding hydrogens is 379 g/mol. The first kappa shape index (κ1) is 21.6. The fraction of sp³-hybridized carbons (Fsp3) is 0.556. The highest BCUT2D eigenvalue weighted by atomic mass is 32.2. The number of rotatable bonds is 7. The van der Waals surface area contributed by atoms with Gasteiger partial charge in [-0.15, -0.1) is 11.8 Å². The van der Waals surface area contributed by atoms with Crippen molar-refractivity contribution in [3.8, 4) is 0 Å². The van der Waals surface area contributed by atoms with Gasteiger partial charge in [-0.2, -0.15) is 13.2 Å². The number of alkyl halides is 3. The van der Waals surface area contributed by atoms with Gasteiger partial charge in [0.25, 0.3) is 0 Å². The lowest BCUT2D eigenvalue weighted by molar-refractivity contribution is -0.856. The Morgan fingerprint density at radius 3 is 2.44 bits per heavy atom. The van der Waals surface area contributed by atoms with Crippen molar-refractivity contribution >= 4 is 23.6 Å². The SMILES string of the molecule is C[C@H]1S[C@H](c2ccc(C(F)(F)F)cc2)N(CCC(=O)NCC[NH+](C)C)C1=O. The molecule has 0 aromatic heterocycles. The molecule has 2 N–H and O–H groups in total. The molecule has 2 amide bonds. The number of nitrogens with zero attached hydrogens (tertiary/aromatic N) is 1. The number of benzene rings is 1. The van der Waals surface area contributed by atoms with Crippen LogP contribution in [0.5, 0.6) is 0 Å². The van der Waals surface area contributed by atoms with Crippen molar-refractivity contribution in [2.45, 2.75) is 30.1 Å². The van der Waals surface area contributed by atoms with E-state index in [9.17, 15) is 22.8 Å². The van der Waals surface area contributed by atoms with E-state index in [4.69, 9.17) is 0 Å². The van der Waals surface area contributed by atoms with Crippen LogP contribution in [0.3, 0.4) is 0 Å². The van der Waals surface area contributed by atoms with Crippen LogP contribution in [0.4, 0.5) is 13.2 Å². The molecule has 27 heavy (non-hydrogen) atoms. The number of thioether (sulfide) groups is 1. The topological polar surface area (TPSA) is 53.9 Å². The Bertz CT molecular complexity index is 665. The largest absolute Gasteiger partial charge is 0.416 e. The summed E-state index contributed by atoms with van der Waals surface area (Å²) in [6.07, 6.45) is -4.23. The van der Waals surface area contributed by atoms with E-state index in [1.165, 1.54) is 28.8 Å². The lowest BCUT2D eigenvalue weighted by Gasteiger charge is -2.24. The first-order valence-electron chi connectivity index (χ1n) is 8.78. The lowest BCUT2D eigenvalue weighted by atomic mass is 10.1. The van der Waals surface area contributed by atoms with Crippen molar-refractivity contribution in [3.05, 3.63) is 35.4 Å². The van der Waals surface area contributed by atoms with Crippen molar-refractivity contribution < 1.29 is 27.7 Å². The van der Waals surface area contributed by atoms with Crippen LogP contribution < -0.4 is 10.2 Å². The third kappa shape index (κ3) is 5.87. The van der Waals surface area contributed by atoms with E-state index in [2.05, 4.69) is 5.32 Å². The van der Waals surface area contributed by atoms with Crippen molar-refractivity contribution in [1.29, 1.82) is 0 Å². The third-order valence-electron chi connectivity index (χ3n) is 4.30. The van der Waals surface area contributed by atoms with Crippen molar-refractivity contribution in [3.63, 3.8) is 0 Å². The summed E-state index contributed by atoms with van der Waals surface area (Å²) in [5, 5.41) is 2.14. The highest BCUT2D eigenvalue weighted by Crippen LogP contribution is 2.43. The molecule has 1 aliphatic heterocycles. The standard InChI is InChI=1S/C18H24F3N3O2S/c1-12-16(26)24(10-8-15(25)22-9-11-23(2)3)17(27-12)13-4-6-14(7-5-13)18(19,20)21/h4-7,12,17H,8-11H2,1-3H3,(H,22,25)/p+1/t12-,17-/m1/s1. The summed E-state index contributed by atoms with van der Waals surface area (Å²) in [7, 11) is 3.98. The zero-order valence-electron chi connectivity index (χ0n) is 15.6. The fourth-order valence-electron chi connectivity index (χ4n) is 2.76. The van der Waals surface area contributed by atoms with Gasteiger partial charge in [0, 0.05) is 13.0 Å². The first-order valence-corrected chi connectivity index (χ1v) is 9.72. The number of nitrogens with one attached hydrogen (secondary N) is 2. The number of quaternary nitrogens is 1. The number of halogens is 3. The summed E-state index contributed by atoms with van der Waals surface area (Å²) in [6.45, 7) is 3.37. The van der Waals surface area contributed by atoms with Gasteiger partial charge in [0.1, 0.15) is 5.37 Å². The van der Waals surface area contributed by atoms with Crippen LogP contribution >= 0.6 is 11.8 Å². The maximum atomic E-state index is 12.7. The van der Waals surface area contributed by atoms with Gasteiger partial charge in [0.2, 0.25) is 11.8 Å². The van der Waals surface area contributed by atoms with E-state index in [0.29, 0.717) is 12.1 Å². The Balaban J connectivity index is 2.01. The highest BCUT2D eigenvalue weighted by molar-refractivity contribution is 8.01. The molecule has 2 rings (SSSR count). The van der Waals surface area contributed by atoms with Crippen LogP contribution in [-0.4, -0.2) is 55.7 Å². The zero-order chi connectivity index (χ0) is 20.2. The Hall–Kier alpha value is -1.74. The molecule has 1 aromatic carbocycles. The quantitative estimate of drug-likeness (QED) is 0.721. The Labute approximate surface area is 161 Å². The second-order valence-electron chi connectivity index (χ2n) is 6.84. The van der Waals surface area contributed by atoms with Crippen LogP contribution in [0.15, 0.2) is 24.3 Å². The smallest absolute Gasteiger partial charge is 0.350 e. The molecular formula is C18H25F3N3O2S+. The van der Waals surface area contributed by atoms with Crippen LogP contribution in [0.2, 0.25) is 0 Å². The molecule has 2 atom stereocenters. The van der Waals surface area contributed by atoms with E-state index in [1.54, 1.807) is 11.8 Å². The molecule has 1 aromatic rings. The average molecular weight is 404 g/mol. The summed E-state index contributed by atoms with van der Waals surface area (Å²) < 4.78 is 38.2. The second-order valence-corrected chi connectivity index (χ2v) is 8.26. The number of carbonyl (C=O) groups excluding carboxylic acids is 2. The minimum atomic E-state index is -4.39. The molecule has 0 bridgehead atoms. The number of amides is 2. The highest BCUT2D eigenvalue weighted by Gasteiger charge is 2.39. The van der Waals surface area contributed by atoms with Crippen LogP contribution in [-0.2, 0) is 15.8 Å². The van der Waals surface area contributed by atoms with Crippen LogP contribution in [0.1, 0.15) is 29.8 Å². The van der Waals surface area contributed by atoms with E-state index in [-0.39, 0.29) is 35.4 Å². The summed E-state index contributed by atoms with van der Waals surface area (Å²) >= 11 is 1.38. The molecule has 0 unspecified atom stereocenters. The van der Waals surface area contributed by atoms with Gasteiger partial charge in [0.15, 0.2) is 0 Å². The maximum Gasteiger partial charge on any atom is 0.416 e. The average Bonchev–Trinajstić information content (AvgIpc) is 2.87. The molecule has 1 heterocycles. The minimum Gasteiger partial charge on any atom is -0.350 e. The van der Waals surface area contributed by atoms with Crippen LogP contribution in [0.25, 0.3) is 0 Å². The van der Waals surface area contributed by atoms with Gasteiger partial charge in [-0.1, -0.05) is 12.1 Å². The number of carbonyl (C=O) groups is 2. The Kier molecular flexibility index (Phi) is 7.16. The van der Waals surface area contributed by atoms with Crippen molar-refractivity contribution in [2.75, 3.05) is 33.7 Å². The summed E-state index contributed by atoms with van der Waals surface area (Å²) in [4.78, 5) is 27.2. The molecule has 1 aliphatic rings. The lowest BCUT2D eigenvalue weighted by Crippen LogP contribution is -3.06. The molecule has 0 spiro atoms. The molecule has 0 saturated carbocycles. The van der Waals surface area contributed by atoms with E-state index in [1.807, 2.05) is 14.1 Å². The minimum absolute atomic E-state index is 0.101. The molecule has 1 fully saturated rings. The third-order valence-corrected chi connectivity index (χ3v) is 5.69. The van der Waals surface area contributed by atoms with E-state index in [0.717, 1.165) is 18.7 Å². The zero-order valence-corrected chi connectivity index (χ0v) is 16.4. The van der Waals surface area contributed by atoms with Gasteiger partial charge in [-0.05, 0) is 24.6 Å². The maximum absolute atomic E-state index is 12.7. The number of likely N-dealkylation sites (N-methyl/N-ethyl adjacent to an activating group) is 1.